The number of benzene rings is 3. The smallest absolute Gasteiger partial charge is 0.261 e. The molecule has 3 aromatic rings. The van der Waals surface area contributed by atoms with Gasteiger partial charge in [-0.2, -0.15) is 0 Å². The fraction of sp³-hybridized carbons (Fsp3) is 0.100. The Hall–Kier alpha value is -2.75. The van der Waals surface area contributed by atoms with Crippen molar-refractivity contribution in [1.82, 2.24) is 0 Å². The predicted molar refractivity (Wildman–Crippen MR) is 117 cm³/mol. The minimum Gasteiger partial charge on any atom is -0.495 e. The zero-order valence-electron chi connectivity index (χ0n) is 16.1. The molecular weight excluding hydrogens is 448 g/mol. The van der Waals surface area contributed by atoms with Crippen molar-refractivity contribution in [3.8, 4) is 5.75 Å². The molecule has 10 heteroatoms. The van der Waals surface area contributed by atoms with Crippen LogP contribution in [0.3, 0.4) is 0 Å². The zero-order chi connectivity index (χ0) is 21.9. The van der Waals surface area contributed by atoms with Gasteiger partial charge in [-0.05, 0) is 67.1 Å². The summed E-state index contributed by atoms with van der Waals surface area (Å²) in [6, 6.07) is 16.4. The first-order valence-electron chi connectivity index (χ1n) is 8.67. The Morgan fingerprint density at radius 2 is 1.37 bits per heavy atom. The monoisotopic (exact) mass is 466 g/mol. The summed E-state index contributed by atoms with van der Waals surface area (Å²) in [4.78, 5) is -0.0504. The van der Waals surface area contributed by atoms with Crippen molar-refractivity contribution in [2.24, 2.45) is 0 Å². The van der Waals surface area contributed by atoms with Gasteiger partial charge in [-0.25, -0.2) is 16.8 Å². The molecule has 0 unspecified atom stereocenters. The zero-order valence-corrected chi connectivity index (χ0v) is 18.5. The summed E-state index contributed by atoms with van der Waals surface area (Å²) in [5.74, 6) is 0.353. The van der Waals surface area contributed by atoms with E-state index in [0.29, 0.717) is 11.4 Å². The molecule has 0 amide bonds. The van der Waals surface area contributed by atoms with Gasteiger partial charge in [0.05, 0.1) is 21.9 Å². The largest absolute Gasteiger partial charge is 0.495 e. The van der Waals surface area contributed by atoms with E-state index in [0.717, 1.165) is 5.56 Å². The highest BCUT2D eigenvalue weighted by Gasteiger charge is 2.18. The number of halogens is 1. The van der Waals surface area contributed by atoms with Gasteiger partial charge in [-0.3, -0.25) is 9.44 Å². The highest BCUT2D eigenvalue weighted by atomic mass is 35.5. The Balaban J connectivity index is 1.79. The molecule has 0 aliphatic rings. The summed E-state index contributed by atoms with van der Waals surface area (Å²) >= 11 is 5.99. The van der Waals surface area contributed by atoms with Gasteiger partial charge in [-0.15, -0.1) is 0 Å². The highest BCUT2D eigenvalue weighted by Crippen LogP contribution is 2.28. The van der Waals surface area contributed by atoms with Crippen LogP contribution in [0.25, 0.3) is 0 Å². The number of rotatable bonds is 7. The molecule has 0 spiro atoms. The lowest BCUT2D eigenvalue weighted by molar-refractivity contribution is 0.414. The number of hydrogen-bond acceptors (Lipinski definition) is 5. The molecular formula is C20H19ClN2O5S2. The lowest BCUT2D eigenvalue weighted by Gasteiger charge is -2.11. The molecule has 0 aliphatic carbocycles. The number of sulfonamides is 2. The van der Waals surface area contributed by atoms with Crippen LogP contribution >= 0.6 is 11.6 Å². The van der Waals surface area contributed by atoms with Crippen molar-refractivity contribution in [3.63, 3.8) is 0 Å². The van der Waals surface area contributed by atoms with Crippen LogP contribution in [0.4, 0.5) is 11.4 Å². The molecule has 0 aromatic heterocycles. The normalized spacial score (nSPS) is 11.7. The van der Waals surface area contributed by atoms with E-state index in [9.17, 15) is 16.8 Å². The quantitative estimate of drug-likeness (QED) is 0.541. The molecule has 0 heterocycles. The lowest BCUT2D eigenvalue weighted by atomic mass is 10.2. The third-order valence-electron chi connectivity index (χ3n) is 4.12. The minimum absolute atomic E-state index is 0.000513. The maximum atomic E-state index is 12.6. The van der Waals surface area contributed by atoms with Gasteiger partial charge >= 0.3 is 0 Å². The Bertz CT molecular complexity index is 1270. The van der Waals surface area contributed by atoms with Crippen LogP contribution in [-0.4, -0.2) is 23.9 Å². The summed E-state index contributed by atoms with van der Waals surface area (Å²) in [7, 11) is -6.30. The summed E-state index contributed by atoms with van der Waals surface area (Å²) in [6.45, 7) is 1.86. The SMILES string of the molecule is COc1ccc(S(=O)(=O)Nc2ccc(S(=O)(=O)Nc3cccc(C)c3)cc2)cc1Cl. The van der Waals surface area contributed by atoms with Crippen molar-refractivity contribution >= 4 is 43.0 Å². The third-order valence-corrected chi connectivity index (χ3v) is 7.19. The van der Waals surface area contributed by atoms with Crippen LogP contribution in [0, 0.1) is 6.92 Å². The summed E-state index contributed by atoms with van der Waals surface area (Å²) in [5.41, 5.74) is 1.56. The summed E-state index contributed by atoms with van der Waals surface area (Å²) in [5, 5.41) is 0.157. The van der Waals surface area contributed by atoms with Crippen LogP contribution in [0.5, 0.6) is 5.75 Å². The molecule has 0 aliphatic heterocycles. The maximum absolute atomic E-state index is 12.6. The van der Waals surface area contributed by atoms with Gasteiger partial charge in [0.25, 0.3) is 20.0 Å². The standard InChI is InChI=1S/C20H19ClN2O5S2/c1-14-4-3-5-16(12-14)23-29(24,25)17-8-6-15(7-9-17)22-30(26,27)18-10-11-20(28-2)19(21)13-18/h3-13,22-23H,1-2H3. The van der Waals surface area contributed by atoms with Crippen molar-refractivity contribution in [1.29, 1.82) is 0 Å². The Kier molecular flexibility index (Phi) is 6.25. The number of anilines is 2. The topological polar surface area (TPSA) is 102 Å². The molecule has 0 atom stereocenters. The fourth-order valence-corrected chi connectivity index (χ4v) is 5.11. The van der Waals surface area contributed by atoms with Crippen LogP contribution in [0.2, 0.25) is 5.02 Å². The Morgan fingerprint density at radius 3 is 1.97 bits per heavy atom. The molecule has 0 fully saturated rings. The highest BCUT2D eigenvalue weighted by molar-refractivity contribution is 7.93. The first-order valence-corrected chi connectivity index (χ1v) is 12.0. The van der Waals surface area contributed by atoms with E-state index in [-0.39, 0.29) is 20.5 Å². The Labute approximate surface area is 180 Å². The van der Waals surface area contributed by atoms with E-state index >= 15 is 0 Å². The van der Waals surface area contributed by atoms with E-state index in [1.165, 1.54) is 49.6 Å². The summed E-state index contributed by atoms with van der Waals surface area (Å²) in [6.07, 6.45) is 0. The van der Waals surface area contributed by atoms with Crippen molar-refractivity contribution in [2.45, 2.75) is 16.7 Å². The number of ether oxygens (including phenoxy) is 1. The molecule has 2 N–H and O–H groups in total. The first-order chi connectivity index (χ1) is 14.1. The van der Waals surface area contributed by atoms with Crippen LogP contribution in [-0.2, 0) is 20.0 Å². The Morgan fingerprint density at radius 1 is 0.767 bits per heavy atom. The van der Waals surface area contributed by atoms with Gasteiger partial charge in [0.1, 0.15) is 5.75 Å². The first kappa shape index (κ1) is 21.9. The van der Waals surface area contributed by atoms with E-state index in [1.54, 1.807) is 18.2 Å². The molecule has 3 aromatic carbocycles. The van der Waals surface area contributed by atoms with E-state index < -0.39 is 20.0 Å². The van der Waals surface area contributed by atoms with Crippen LogP contribution in [0.15, 0.2) is 76.5 Å². The predicted octanol–water partition coefficient (Wildman–Crippen LogP) is 4.26. The maximum Gasteiger partial charge on any atom is 0.261 e. The second kappa shape index (κ2) is 8.55. The van der Waals surface area contributed by atoms with E-state index in [4.69, 9.17) is 16.3 Å². The van der Waals surface area contributed by atoms with Crippen molar-refractivity contribution in [2.75, 3.05) is 16.6 Å². The second-order valence-corrected chi connectivity index (χ2v) is 10.2. The lowest BCUT2D eigenvalue weighted by Crippen LogP contribution is -2.14. The summed E-state index contributed by atoms with van der Waals surface area (Å²) < 4.78 is 60.1. The fourth-order valence-electron chi connectivity index (χ4n) is 2.65. The second-order valence-electron chi connectivity index (χ2n) is 6.40. The van der Waals surface area contributed by atoms with Gasteiger partial charge in [-0.1, -0.05) is 23.7 Å². The van der Waals surface area contributed by atoms with Crippen molar-refractivity contribution in [3.05, 3.63) is 77.3 Å². The number of hydrogen-bond donors (Lipinski definition) is 2. The van der Waals surface area contributed by atoms with Gasteiger partial charge in [0.2, 0.25) is 0 Å². The average molecular weight is 467 g/mol. The molecule has 0 saturated carbocycles. The van der Waals surface area contributed by atoms with Crippen LogP contribution in [0.1, 0.15) is 5.56 Å². The molecule has 0 radical (unpaired) electrons. The molecule has 30 heavy (non-hydrogen) atoms. The van der Waals surface area contributed by atoms with E-state index in [1.807, 2.05) is 13.0 Å². The minimum atomic E-state index is -3.92. The molecule has 3 rings (SSSR count). The molecule has 0 bridgehead atoms. The van der Waals surface area contributed by atoms with Gasteiger partial charge in [0.15, 0.2) is 0 Å². The number of aryl methyl sites for hydroxylation is 1. The molecule has 7 nitrogen and oxygen atoms in total. The van der Waals surface area contributed by atoms with Gasteiger partial charge in [0, 0.05) is 11.4 Å². The van der Waals surface area contributed by atoms with Crippen LogP contribution < -0.4 is 14.2 Å². The van der Waals surface area contributed by atoms with Crippen molar-refractivity contribution < 1.29 is 21.6 Å². The molecule has 158 valence electrons. The van der Waals surface area contributed by atoms with Gasteiger partial charge < -0.3 is 4.74 Å². The number of methoxy groups -OCH3 is 1. The third kappa shape index (κ3) is 5.05. The number of nitrogens with one attached hydrogen (secondary N) is 2. The molecule has 0 saturated heterocycles. The van der Waals surface area contributed by atoms with E-state index in [2.05, 4.69) is 9.44 Å². The average Bonchev–Trinajstić information content (AvgIpc) is 2.67.